The molecular weight excluding hydrogens is 298 g/mol. The van der Waals surface area contributed by atoms with Crippen LogP contribution < -0.4 is 10.6 Å². The molecule has 1 atom stereocenters. The van der Waals surface area contributed by atoms with Crippen LogP contribution in [0.3, 0.4) is 0 Å². The van der Waals surface area contributed by atoms with E-state index in [0.717, 1.165) is 19.6 Å². The SMILES string of the molecule is CC(C)CN1CCO[C@@H](CNC(=O)CNC(=O)OC(C)(C)C)C1. The van der Waals surface area contributed by atoms with Crippen LogP contribution in [0.15, 0.2) is 0 Å². The maximum absolute atomic E-state index is 11.8. The zero-order chi connectivity index (χ0) is 17.5. The second-order valence-corrected chi connectivity index (χ2v) is 7.31. The average molecular weight is 329 g/mol. The van der Waals surface area contributed by atoms with Gasteiger partial charge in [0.15, 0.2) is 0 Å². The number of rotatable bonds is 6. The van der Waals surface area contributed by atoms with Crippen LogP contribution in [-0.2, 0) is 14.3 Å². The lowest BCUT2D eigenvalue weighted by Gasteiger charge is -2.33. The molecule has 7 nitrogen and oxygen atoms in total. The number of hydrogen-bond acceptors (Lipinski definition) is 5. The molecule has 2 N–H and O–H groups in total. The van der Waals surface area contributed by atoms with Gasteiger partial charge in [-0.3, -0.25) is 9.69 Å². The third-order valence-corrected chi connectivity index (χ3v) is 3.17. The smallest absolute Gasteiger partial charge is 0.408 e. The molecule has 1 saturated heterocycles. The van der Waals surface area contributed by atoms with Gasteiger partial charge in [-0.2, -0.15) is 0 Å². The fraction of sp³-hybridized carbons (Fsp3) is 0.875. The number of hydrogen-bond donors (Lipinski definition) is 2. The van der Waals surface area contributed by atoms with Crippen molar-refractivity contribution in [2.75, 3.05) is 39.3 Å². The molecule has 0 aromatic carbocycles. The van der Waals surface area contributed by atoms with E-state index in [1.54, 1.807) is 20.8 Å². The largest absolute Gasteiger partial charge is 0.444 e. The first-order valence-corrected chi connectivity index (χ1v) is 8.23. The van der Waals surface area contributed by atoms with Gasteiger partial charge in [0.2, 0.25) is 5.91 Å². The first-order chi connectivity index (χ1) is 10.7. The maximum Gasteiger partial charge on any atom is 0.408 e. The van der Waals surface area contributed by atoms with Gasteiger partial charge in [0.25, 0.3) is 0 Å². The van der Waals surface area contributed by atoms with E-state index in [9.17, 15) is 9.59 Å². The van der Waals surface area contributed by atoms with Gasteiger partial charge in [-0.05, 0) is 26.7 Å². The molecule has 0 bridgehead atoms. The van der Waals surface area contributed by atoms with Gasteiger partial charge in [-0.15, -0.1) is 0 Å². The number of morpholine rings is 1. The predicted octanol–water partition coefficient (Wildman–Crippen LogP) is 0.984. The minimum atomic E-state index is -0.593. The van der Waals surface area contributed by atoms with E-state index in [4.69, 9.17) is 9.47 Å². The monoisotopic (exact) mass is 329 g/mol. The van der Waals surface area contributed by atoms with Crippen LogP contribution in [0.1, 0.15) is 34.6 Å². The van der Waals surface area contributed by atoms with E-state index >= 15 is 0 Å². The summed E-state index contributed by atoms with van der Waals surface area (Å²) in [7, 11) is 0. The molecule has 23 heavy (non-hydrogen) atoms. The van der Waals surface area contributed by atoms with E-state index in [-0.39, 0.29) is 18.6 Å². The topological polar surface area (TPSA) is 79.9 Å². The molecule has 0 unspecified atom stereocenters. The van der Waals surface area contributed by atoms with Crippen LogP contribution in [-0.4, -0.2) is 67.9 Å². The van der Waals surface area contributed by atoms with Gasteiger partial charge >= 0.3 is 6.09 Å². The van der Waals surface area contributed by atoms with Crippen molar-refractivity contribution in [3.63, 3.8) is 0 Å². The summed E-state index contributed by atoms with van der Waals surface area (Å²) in [5.74, 6) is 0.363. The Balaban J connectivity index is 2.21. The number of carbonyl (C=O) groups is 2. The van der Waals surface area contributed by atoms with Crippen molar-refractivity contribution in [1.29, 1.82) is 0 Å². The lowest BCUT2D eigenvalue weighted by atomic mass is 10.2. The molecule has 0 radical (unpaired) electrons. The van der Waals surface area contributed by atoms with Crippen LogP contribution in [0.25, 0.3) is 0 Å². The number of amides is 2. The van der Waals surface area contributed by atoms with E-state index < -0.39 is 11.7 Å². The standard InChI is InChI=1S/C16H31N3O4/c1-12(2)10-19-6-7-22-13(11-19)8-17-14(20)9-18-15(21)23-16(3,4)5/h12-13H,6-11H2,1-5H3,(H,17,20)(H,18,21)/t13-/m0/s1. The minimum absolute atomic E-state index is 0.00650. The third-order valence-electron chi connectivity index (χ3n) is 3.17. The molecule has 0 aliphatic carbocycles. The summed E-state index contributed by atoms with van der Waals surface area (Å²) in [6, 6.07) is 0. The van der Waals surface area contributed by atoms with Crippen LogP contribution in [0.2, 0.25) is 0 Å². The first-order valence-electron chi connectivity index (χ1n) is 8.23. The first kappa shape index (κ1) is 19.7. The molecule has 0 saturated carbocycles. The zero-order valence-corrected chi connectivity index (χ0v) is 15.0. The van der Waals surface area contributed by atoms with Crippen molar-refractivity contribution < 1.29 is 19.1 Å². The van der Waals surface area contributed by atoms with Gasteiger partial charge in [-0.25, -0.2) is 4.79 Å². The summed E-state index contributed by atoms with van der Waals surface area (Å²) in [4.78, 5) is 25.6. The van der Waals surface area contributed by atoms with Gasteiger partial charge in [0, 0.05) is 26.2 Å². The molecule has 1 aliphatic heterocycles. The van der Waals surface area contributed by atoms with Gasteiger partial charge in [0.1, 0.15) is 5.60 Å². The van der Waals surface area contributed by atoms with Crippen LogP contribution in [0.5, 0.6) is 0 Å². The second-order valence-electron chi connectivity index (χ2n) is 7.31. The van der Waals surface area contributed by atoms with Crippen molar-refractivity contribution >= 4 is 12.0 Å². The highest BCUT2D eigenvalue weighted by molar-refractivity contribution is 5.82. The molecule has 2 amide bonds. The van der Waals surface area contributed by atoms with Gasteiger partial charge in [-0.1, -0.05) is 13.8 Å². The Morgan fingerprint density at radius 3 is 2.61 bits per heavy atom. The molecule has 0 aromatic rings. The molecule has 134 valence electrons. The lowest BCUT2D eigenvalue weighted by molar-refractivity contribution is -0.121. The summed E-state index contributed by atoms with van der Waals surface area (Å²) >= 11 is 0. The number of ether oxygens (including phenoxy) is 2. The highest BCUT2D eigenvalue weighted by atomic mass is 16.6. The Hall–Kier alpha value is -1.34. The van der Waals surface area contributed by atoms with E-state index in [1.165, 1.54) is 0 Å². The number of carbonyl (C=O) groups excluding carboxylic acids is 2. The number of nitrogens with one attached hydrogen (secondary N) is 2. The summed E-state index contributed by atoms with van der Waals surface area (Å²) < 4.78 is 10.7. The van der Waals surface area contributed by atoms with E-state index in [2.05, 4.69) is 29.4 Å². The Kier molecular flexibility index (Phi) is 7.78. The Morgan fingerprint density at radius 2 is 2.00 bits per heavy atom. The number of nitrogens with zero attached hydrogens (tertiary/aromatic N) is 1. The summed E-state index contributed by atoms with van der Waals surface area (Å²) in [6.45, 7) is 13.5. The summed E-state index contributed by atoms with van der Waals surface area (Å²) in [5, 5.41) is 5.22. The third kappa shape index (κ3) is 9.40. The Labute approximate surface area is 139 Å². The Morgan fingerprint density at radius 1 is 1.30 bits per heavy atom. The second kappa shape index (κ2) is 9.08. The molecule has 1 rings (SSSR count). The van der Waals surface area contributed by atoms with Crippen LogP contribution >= 0.6 is 0 Å². The van der Waals surface area contributed by atoms with E-state index in [0.29, 0.717) is 19.1 Å². The lowest BCUT2D eigenvalue weighted by Crippen LogP contribution is -2.49. The van der Waals surface area contributed by atoms with E-state index in [1.807, 2.05) is 0 Å². The van der Waals surface area contributed by atoms with Crippen molar-refractivity contribution in [2.45, 2.75) is 46.3 Å². The van der Waals surface area contributed by atoms with Crippen LogP contribution in [0, 0.1) is 5.92 Å². The average Bonchev–Trinajstić information content (AvgIpc) is 2.41. The fourth-order valence-corrected chi connectivity index (χ4v) is 2.34. The Bertz CT molecular complexity index is 393. The highest BCUT2D eigenvalue weighted by Gasteiger charge is 2.21. The number of alkyl carbamates (subject to hydrolysis) is 1. The van der Waals surface area contributed by atoms with Crippen molar-refractivity contribution in [2.24, 2.45) is 5.92 Å². The minimum Gasteiger partial charge on any atom is -0.444 e. The normalized spacial score (nSPS) is 19.5. The highest BCUT2D eigenvalue weighted by Crippen LogP contribution is 2.07. The molecule has 1 aliphatic rings. The fourth-order valence-electron chi connectivity index (χ4n) is 2.34. The van der Waals surface area contributed by atoms with Crippen molar-refractivity contribution in [1.82, 2.24) is 15.5 Å². The maximum atomic E-state index is 11.8. The molecule has 0 aromatic heterocycles. The van der Waals surface area contributed by atoms with Crippen LogP contribution in [0.4, 0.5) is 4.79 Å². The summed E-state index contributed by atoms with van der Waals surface area (Å²) in [6.07, 6.45) is -0.599. The van der Waals surface area contributed by atoms with Gasteiger partial charge < -0.3 is 20.1 Å². The predicted molar refractivity (Wildman–Crippen MR) is 88.3 cm³/mol. The molecule has 7 heteroatoms. The zero-order valence-electron chi connectivity index (χ0n) is 15.0. The van der Waals surface area contributed by atoms with Crippen molar-refractivity contribution in [3.8, 4) is 0 Å². The molecule has 1 heterocycles. The van der Waals surface area contributed by atoms with Gasteiger partial charge in [0.05, 0.1) is 19.3 Å². The molecular formula is C16H31N3O4. The molecule has 0 spiro atoms. The quantitative estimate of drug-likeness (QED) is 0.759. The van der Waals surface area contributed by atoms with Crippen molar-refractivity contribution in [3.05, 3.63) is 0 Å². The molecule has 1 fully saturated rings. The summed E-state index contributed by atoms with van der Waals surface area (Å²) in [5.41, 5.74) is -0.573.